The molecule has 0 aromatic heterocycles. The van der Waals surface area contributed by atoms with Gasteiger partial charge in [-0.05, 0) is 35.7 Å². The van der Waals surface area contributed by atoms with Crippen LogP contribution in [-0.2, 0) is 24.4 Å². The van der Waals surface area contributed by atoms with E-state index in [4.69, 9.17) is 9.47 Å². The Kier molecular flexibility index (Phi) is 7.90. The number of ether oxygens (including phenoxy) is 2. The molecule has 1 heterocycles. The van der Waals surface area contributed by atoms with E-state index in [1.54, 1.807) is 14.2 Å². The maximum atomic E-state index is 5.64. The van der Waals surface area contributed by atoms with Gasteiger partial charge in [0, 0.05) is 39.8 Å². The summed E-state index contributed by atoms with van der Waals surface area (Å²) < 4.78 is 10.9. The zero-order valence-electron chi connectivity index (χ0n) is 17.6. The lowest BCUT2D eigenvalue weighted by Gasteiger charge is -2.31. The number of hydrogen-bond acceptors (Lipinski definition) is 4. The standard InChI is InChI=1S/C23H32N4O2/c1-18-16-27(10-11-29-18)17-21-8-4-6-19(12-21)14-25-23(24-2)26-15-20-7-5-9-22(13-20)28-3/h4-9,12-13,18H,10-11,14-17H2,1-3H3,(H2,24,25,26). The number of aliphatic imine (C=N–C) groups is 1. The number of benzene rings is 2. The molecular formula is C23H32N4O2. The molecule has 1 saturated heterocycles. The van der Waals surface area contributed by atoms with E-state index in [2.05, 4.69) is 57.8 Å². The summed E-state index contributed by atoms with van der Waals surface area (Å²) in [7, 11) is 3.47. The van der Waals surface area contributed by atoms with Crippen LogP contribution in [-0.4, -0.2) is 50.8 Å². The Bertz CT molecular complexity index is 809. The van der Waals surface area contributed by atoms with Gasteiger partial charge in [-0.15, -0.1) is 0 Å². The van der Waals surface area contributed by atoms with E-state index in [1.165, 1.54) is 11.1 Å². The maximum Gasteiger partial charge on any atom is 0.191 e. The summed E-state index contributed by atoms with van der Waals surface area (Å²) in [6, 6.07) is 16.8. The van der Waals surface area contributed by atoms with Gasteiger partial charge in [0.1, 0.15) is 5.75 Å². The van der Waals surface area contributed by atoms with E-state index >= 15 is 0 Å². The van der Waals surface area contributed by atoms with Crippen LogP contribution in [0.4, 0.5) is 0 Å². The smallest absolute Gasteiger partial charge is 0.191 e. The highest BCUT2D eigenvalue weighted by Gasteiger charge is 2.16. The van der Waals surface area contributed by atoms with Crippen LogP contribution in [0.1, 0.15) is 23.6 Å². The first kappa shape index (κ1) is 21.1. The first-order valence-electron chi connectivity index (χ1n) is 10.2. The first-order valence-corrected chi connectivity index (χ1v) is 10.2. The largest absolute Gasteiger partial charge is 0.497 e. The molecule has 29 heavy (non-hydrogen) atoms. The average molecular weight is 397 g/mol. The van der Waals surface area contributed by atoms with Crippen LogP contribution >= 0.6 is 0 Å². The van der Waals surface area contributed by atoms with Crippen molar-refractivity contribution >= 4 is 5.96 Å². The molecule has 2 aromatic rings. The fraction of sp³-hybridized carbons (Fsp3) is 0.435. The average Bonchev–Trinajstić information content (AvgIpc) is 2.74. The molecule has 2 N–H and O–H groups in total. The predicted molar refractivity (Wildman–Crippen MR) is 117 cm³/mol. The van der Waals surface area contributed by atoms with Crippen molar-refractivity contribution < 1.29 is 9.47 Å². The minimum Gasteiger partial charge on any atom is -0.497 e. The number of hydrogen-bond donors (Lipinski definition) is 2. The minimum absolute atomic E-state index is 0.313. The maximum absolute atomic E-state index is 5.64. The summed E-state index contributed by atoms with van der Waals surface area (Å²) in [5, 5.41) is 6.75. The van der Waals surface area contributed by atoms with Crippen molar-refractivity contribution in [2.45, 2.75) is 32.7 Å². The second-order valence-electron chi connectivity index (χ2n) is 7.37. The van der Waals surface area contributed by atoms with Crippen molar-refractivity contribution in [2.75, 3.05) is 33.9 Å². The molecule has 0 bridgehead atoms. The van der Waals surface area contributed by atoms with Gasteiger partial charge in [-0.2, -0.15) is 0 Å². The molecule has 1 atom stereocenters. The zero-order chi connectivity index (χ0) is 20.5. The molecule has 1 fully saturated rings. The fourth-order valence-electron chi connectivity index (χ4n) is 3.50. The molecule has 3 rings (SSSR count). The third kappa shape index (κ3) is 6.76. The topological polar surface area (TPSA) is 58.1 Å². The lowest BCUT2D eigenvalue weighted by atomic mass is 10.1. The van der Waals surface area contributed by atoms with Crippen molar-refractivity contribution in [3.05, 3.63) is 65.2 Å². The van der Waals surface area contributed by atoms with E-state index in [0.717, 1.165) is 50.1 Å². The van der Waals surface area contributed by atoms with Gasteiger partial charge in [-0.25, -0.2) is 0 Å². The second-order valence-corrected chi connectivity index (χ2v) is 7.37. The van der Waals surface area contributed by atoms with Gasteiger partial charge in [0.15, 0.2) is 5.96 Å². The SMILES string of the molecule is CN=C(NCc1cccc(CN2CCOC(C)C2)c1)NCc1cccc(OC)c1. The van der Waals surface area contributed by atoms with Crippen LogP contribution in [0.3, 0.4) is 0 Å². The van der Waals surface area contributed by atoms with Crippen molar-refractivity contribution in [2.24, 2.45) is 4.99 Å². The molecular weight excluding hydrogens is 364 g/mol. The highest BCUT2D eigenvalue weighted by atomic mass is 16.5. The van der Waals surface area contributed by atoms with Gasteiger partial charge in [-0.3, -0.25) is 9.89 Å². The summed E-state index contributed by atoms with van der Waals surface area (Å²) in [5.41, 5.74) is 3.72. The Morgan fingerprint density at radius 1 is 1.10 bits per heavy atom. The minimum atomic E-state index is 0.313. The third-order valence-electron chi connectivity index (χ3n) is 5.00. The fourth-order valence-corrected chi connectivity index (χ4v) is 3.50. The number of nitrogens with zero attached hydrogens (tertiary/aromatic N) is 2. The normalized spacial score (nSPS) is 17.8. The van der Waals surface area contributed by atoms with Crippen molar-refractivity contribution in [3.63, 3.8) is 0 Å². The Labute approximate surface area is 173 Å². The Morgan fingerprint density at radius 2 is 1.79 bits per heavy atom. The summed E-state index contributed by atoms with van der Waals surface area (Å²) >= 11 is 0. The highest BCUT2D eigenvalue weighted by molar-refractivity contribution is 5.79. The number of morpholine rings is 1. The van der Waals surface area contributed by atoms with Crippen LogP contribution in [0.2, 0.25) is 0 Å². The molecule has 1 unspecified atom stereocenters. The van der Waals surface area contributed by atoms with Crippen LogP contribution < -0.4 is 15.4 Å². The Hall–Kier alpha value is -2.57. The lowest BCUT2D eigenvalue weighted by Crippen LogP contribution is -2.40. The second kappa shape index (κ2) is 10.8. The zero-order valence-corrected chi connectivity index (χ0v) is 17.6. The number of methoxy groups -OCH3 is 1. The van der Waals surface area contributed by atoms with Gasteiger partial charge >= 0.3 is 0 Å². The van der Waals surface area contributed by atoms with Crippen LogP contribution in [0.15, 0.2) is 53.5 Å². The molecule has 1 aliphatic heterocycles. The summed E-state index contributed by atoms with van der Waals surface area (Å²) in [5.74, 6) is 1.64. The van der Waals surface area contributed by atoms with Gasteiger partial charge in [0.05, 0.1) is 19.8 Å². The van der Waals surface area contributed by atoms with Crippen molar-refractivity contribution in [1.29, 1.82) is 0 Å². The van der Waals surface area contributed by atoms with E-state index in [1.807, 2.05) is 18.2 Å². The summed E-state index contributed by atoms with van der Waals surface area (Å²) in [6.45, 7) is 7.31. The summed E-state index contributed by atoms with van der Waals surface area (Å²) in [6.07, 6.45) is 0.313. The molecule has 156 valence electrons. The van der Waals surface area contributed by atoms with E-state index in [9.17, 15) is 0 Å². The molecule has 2 aromatic carbocycles. The molecule has 6 nitrogen and oxygen atoms in total. The Balaban J connectivity index is 1.50. The van der Waals surface area contributed by atoms with Crippen molar-refractivity contribution in [1.82, 2.24) is 15.5 Å². The van der Waals surface area contributed by atoms with E-state index in [-0.39, 0.29) is 0 Å². The van der Waals surface area contributed by atoms with E-state index < -0.39 is 0 Å². The van der Waals surface area contributed by atoms with Gasteiger partial charge in [0.2, 0.25) is 0 Å². The quantitative estimate of drug-likeness (QED) is 0.557. The van der Waals surface area contributed by atoms with Crippen LogP contribution in [0, 0.1) is 0 Å². The van der Waals surface area contributed by atoms with Crippen molar-refractivity contribution in [3.8, 4) is 5.75 Å². The molecule has 0 saturated carbocycles. The van der Waals surface area contributed by atoms with Crippen LogP contribution in [0.5, 0.6) is 5.75 Å². The number of nitrogens with one attached hydrogen (secondary N) is 2. The molecule has 0 radical (unpaired) electrons. The molecule has 1 aliphatic rings. The van der Waals surface area contributed by atoms with E-state index in [0.29, 0.717) is 12.6 Å². The molecule has 0 spiro atoms. The monoisotopic (exact) mass is 396 g/mol. The van der Waals surface area contributed by atoms with Crippen LogP contribution in [0.25, 0.3) is 0 Å². The van der Waals surface area contributed by atoms with Gasteiger partial charge in [0.25, 0.3) is 0 Å². The predicted octanol–water partition coefficient (Wildman–Crippen LogP) is 2.78. The number of rotatable bonds is 7. The molecule has 6 heteroatoms. The molecule has 0 aliphatic carbocycles. The lowest BCUT2D eigenvalue weighted by molar-refractivity contribution is -0.0212. The number of guanidine groups is 1. The van der Waals surface area contributed by atoms with Gasteiger partial charge in [-0.1, -0.05) is 36.4 Å². The highest BCUT2D eigenvalue weighted by Crippen LogP contribution is 2.13. The Morgan fingerprint density at radius 3 is 2.48 bits per heavy atom. The van der Waals surface area contributed by atoms with Gasteiger partial charge < -0.3 is 20.1 Å². The third-order valence-corrected chi connectivity index (χ3v) is 5.00. The molecule has 0 amide bonds. The summed E-state index contributed by atoms with van der Waals surface area (Å²) in [4.78, 5) is 6.78. The first-order chi connectivity index (χ1) is 14.2.